The van der Waals surface area contributed by atoms with Crippen molar-refractivity contribution in [3.63, 3.8) is 0 Å². The van der Waals surface area contributed by atoms with E-state index in [1.54, 1.807) is 5.48 Å². The molecule has 0 aliphatic carbocycles. The number of hydrogen-bond acceptors (Lipinski definition) is 4. The highest BCUT2D eigenvalue weighted by molar-refractivity contribution is 5.80. The van der Waals surface area contributed by atoms with Gasteiger partial charge in [0, 0.05) is 6.54 Å². The van der Waals surface area contributed by atoms with Gasteiger partial charge in [0.25, 0.3) is 5.91 Å². The van der Waals surface area contributed by atoms with E-state index < -0.39 is 0 Å². The molecule has 5 nitrogen and oxygen atoms in total. The summed E-state index contributed by atoms with van der Waals surface area (Å²) in [6.07, 6.45) is 1.01. The van der Waals surface area contributed by atoms with E-state index in [4.69, 9.17) is 5.21 Å². The first-order valence-corrected chi connectivity index (χ1v) is 3.72. The molecule has 1 aliphatic heterocycles. The van der Waals surface area contributed by atoms with Crippen molar-refractivity contribution in [2.45, 2.75) is 12.5 Å². The summed E-state index contributed by atoms with van der Waals surface area (Å²) in [5.74, 6) is -0.376. The molecular weight excluding hydrogens is 146 g/mol. The lowest BCUT2D eigenvalue weighted by Crippen LogP contribution is -2.47. The van der Waals surface area contributed by atoms with E-state index in [1.807, 2.05) is 0 Å². The Morgan fingerprint density at radius 2 is 2.36 bits per heavy atom. The number of rotatable bonds is 1. The van der Waals surface area contributed by atoms with Crippen molar-refractivity contribution in [2.24, 2.45) is 0 Å². The third kappa shape index (κ3) is 2.45. The van der Waals surface area contributed by atoms with Crippen LogP contribution >= 0.6 is 0 Å². The number of amides is 1. The van der Waals surface area contributed by atoms with Gasteiger partial charge in [0.15, 0.2) is 0 Å². The Morgan fingerprint density at radius 1 is 1.55 bits per heavy atom. The van der Waals surface area contributed by atoms with Crippen LogP contribution in [0.4, 0.5) is 0 Å². The molecule has 64 valence electrons. The molecule has 1 aliphatic rings. The molecule has 0 bridgehead atoms. The fourth-order valence-electron chi connectivity index (χ4n) is 1.07. The Hall–Kier alpha value is -0.650. The monoisotopic (exact) mass is 159 g/mol. The second-order valence-corrected chi connectivity index (χ2v) is 2.54. The molecule has 0 saturated carbocycles. The Bertz CT molecular complexity index is 132. The zero-order chi connectivity index (χ0) is 8.10. The molecule has 0 radical (unpaired) electrons. The maximum Gasteiger partial charge on any atom is 0.261 e. The topological polar surface area (TPSA) is 73.4 Å². The van der Waals surface area contributed by atoms with Crippen LogP contribution in [0, 0.1) is 0 Å². The van der Waals surface area contributed by atoms with Gasteiger partial charge in [0.2, 0.25) is 0 Å². The predicted octanol–water partition coefficient (Wildman–Crippen LogP) is -1.56. The van der Waals surface area contributed by atoms with Gasteiger partial charge in [0.05, 0.1) is 0 Å². The van der Waals surface area contributed by atoms with Gasteiger partial charge < -0.3 is 10.6 Å². The first kappa shape index (κ1) is 8.45. The second-order valence-electron chi connectivity index (χ2n) is 2.54. The van der Waals surface area contributed by atoms with Crippen LogP contribution in [0.1, 0.15) is 6.42 Å². The van der Waals surface area contributed by atoms with E-state index in [0.717, 1.165) is 19.5 Å². The molecule has 1 unspecified atom stereocenters. The Labute approximate surface area is 65.1 Å². The third-order valence-corrected chi connectivity index (χ3v) is 1.70. The lowest BCUT2D eigenvalue weighted by molar-refractivity contribution is -0.131. The summed E-state index contributed by atoms with van der Waals surface area (Å²) in [4.78, 5) is 10.9. The number of hydrogen-bond donors (Lipinski definition) is 4. The molecule has 1 rings (SSSR count). The van der Waals surface area contributed by atoms with Gasteiger partial charge in [0.1, 0.15) is 6.04 Å². The molecule has 1 fully saturated rings. The molecule has 5 heteroatoms. The number of carbonyl (C=O) groups is 1. The van der Waals surface area contributed by atoms with Gasteiger partial charge in [-0.05, 0) is 19.5 Å². The van der Waals surface area contributed by atoms with Crippen LogP contribution in [0.5, 0.6) is 0 Å². The van der Waals surface area contributed by atoms with Crippen molar-refractivity contribution < 1.29 is 10.0 Å². The minimum Gasteiger partial charge on any atom is -0.315 e. The molecule has 0 spiro atoms. The van der Waals surface area contributed by atoms with Crippen molar-refractivity contribution in [2.75, 3.05) is 19.6 Å². The lowest BCUT2D eigenvalue weighted by Gasteiger charge is -2.12. The van der Waals surface area contributed by atoms with E-state index in [2.05, 4.69) is 10.6 Å². The normalized spacial score (nSPS) is 25.7. The Kier molecular flexibility index (Phi) is 3.28. The van der Waals surface area contributed by atoms with Crippen molar-refractivity contribution in [3.05, 3.63) is 0 Å². The van der Waals surface area contributed by atoms with Crippen LogP contribution in [0.2, 0.25) is 0 Å². The highest BCUT2D eigenvalue weighted by Gasteiger charge is 2.17. The summed E-state index contributed by atoms with van der Waals surface area (Å²) in [6, 6.07) is -0.303. The molecule has 11 heavy (non-hydrogen) atoms. The van der Waals surface area contributed by atoms with E-state index in [-0.39, 0.29) is 11.9 Å². The summed E-state index contributed by atoms with van der Waals surface area (Å²) in [7, 11) is 0. The maximum atomic E-state index is 10.9. The van der Waals surface area contributed by atoms with Gasteiger partial charge in [-0.1, -0.05) is 0 Å². The van der Waals surface area contributed by atoms with Crippen LogP contribution in [0.25, 0.3) is 0 Å². The van der Waals surface area contributed by atoms with E-state index in [1.165, 1.54) is 0 Å². The second kappa shape index (κ2) is 4.27. The molecule has 1 atom stereocenters. The predicted molar refractivity (Wildman–Crippen MR) is 39.2 cm³/mol. The third-order valence-electron chi connectivity index (χ3n) is 1.70. The molecule has 0 aromatic carbocycles. The van der Waals surface area contributed by atoms with Crippen molar-refractivity contribution in [1.29, 1.82) is 0 Å². The number of hydroxylamine groups is 1. The average molecular weight is 159 g/mol. The molecular formula is C6H13N3O2. The van der Waals surface area contributed by atoms with Gasteiger partial charge in [-0.2, -0.15) is 0 Å². The summed E-state index contributed by atoms with van der Waals surface area (Å²) in [5.41, 5.74) is 1.62. The van der Waals surface area contributed by atoms with Crippen LogP contribution in [0.3, 0.4) is 0 Å². The van der Waals surface area contributed by atoms with Gasteiger partial charge in [-0.15, -0.1) is 0 Å². The average Bonchev–Trinajstić information content (AvgIpc) is 2.30. The van der Waals surface area contributed by atoms with Crippen LogP contribution in [-0.2, 0) is 4.79 Å². The molecule has 1 heterocycles. The zero-order valence-corrected chi connectivity index (χ0v) is 6.26. The maximum absolute atomic E-state index is 10.9. The van der Waals surface area contributed by atoms with Crippen molar-refractivity contribution in [1.82, 2.24) is 16.1 Å². The van der Waals surface area contributed by atoms with E-state index in [0.29, 0.717) is 6.54 Å². The van der Waals surface area contributed by atoms with Crippen molar-refractivity contribution in [3.8, 4) is 0 Å². The molecule has 0 aromatic heterocycles. The highest BCUT2D eigenvalue weighted by Crippen LogP contribution is 1.88. The van der Waals surface area contributed by atoms with Gasteiger partial charge in [-0.3, -0.25) is 10.0 Å². The quantitative estimate of drug-likeness (QED) is 0.276. The fourth-order valence-corrected chi connectivity index (χ4v) is 1.07. The minimum atomic E-state index is -0.376. The lowest BCUT2D eigenvalue weighted by atomic mass is 10.3. The van der Waals surface area contributed by atoms with Crippen molar-refractivity contribution >= 4 is 5.91 Å². The fraction of sp³-hybridized carbons (Fsp3) is 0.833. The van der Waals surface area contributed by atoms with E-state index in [9.17, 15) is 4.79 Å². The summed E-state index contributed by atoms with van der Waals surface area (Å²) in [5, 5.41) is 14.4. The first-order chi connectivity index (χ1) is 5.34. The zero-order valence-electron chi connectivity index (χ0n) is 6.26. The number of nitrogens with one attached hydrogen (secondary N) is 3. The minimum absolute atomic E-state index is 0.303. The molecule has 4 N–H and O–H groups in total. The van der Waals surface area contributed by atoms with E-state index >= 15 is 0 Å². The Morgan fingerprint density at radius 3 is 3.09 bits per heavy atom. The number of carbonyl (C=O) groups excluding carboxylic acids is 1. The molecule has 1 saturated heterocycles. The molecule has 1 amide bonds. The standard InChI is InChI=1S/C6H13N3O2/c10-6(9-11)5-4-7-2-1-3-8-5/h5,7-8,11H,1-4H2,(H,9,10). The highest BCUT2D eigenvalue weighted by atomic mass is 16.5. The van der Waals surface area contributed by atoms with Crippen LogP contribution < -0.4 is 16.1 Å². The smallest absolute Gasteiger partial charge is 0.261 e. The molecule has 0 aromatic rings. The van der Waals surface area contributed by atoms with Crippen LogP contribution in [0.15, 0.2) is 0 Å². The first-order valence-electron chi connectivity index (χ1n) is 3.72. The largest absolute Gasteiger partial charge is 0.315 e. The summed E-state index contributed by atoms with van der Waals surface area (Å²) < 4.78 is 0. The summed E-state index contributed by atoms with van der Waals surface area (Å²) in [6.45, 7) is 2.31. The van der Waals surface area contributed by atoms with Gasteiger partial charge >= 0.3 is 0 Å². The Balaban J connectivity index is 2.36. The SMILES string of the molecule is O=C(NO)C1CNCCCN1. The van der Waals surface area contributed by atoms with Crippen LogP contribution in [-0.4, -0.2) is 36.8 Å². The van der Waals surface area contributed by atoms with Gasteiger partial charge in [-0.25, -0.2) is 5.48 Å². The summed E-state index contributed by atoms with van der Waals surface area (Å²) >= 11 is 0.